The van der Waals surface area contributed by atoms with Gasteiger partial charge in [0.05, 0.1) is 0 Å². The van der Waals surface area contributed by atoms with E-state index in [1.54, 1.807) is 62.4 Å². The van der Waals surface area contributed by atoms with Crippen molar-refractivity contribution in [2.24, 2.45) is 0 Å². The maximum atomic E-state index is 12.8. The van der Waals surface area contributed by atoms with E-state index in [0.717, 1.165) is 0 Å². The number of rotatable bonds is 4. The highest BCUT2D eigenvalue weighted by molar-refractivity contribution is 6.09. The van der Waals surface area contributed by atoms with Crippen LogP contribution < -0.4 is 10.7 Å². The summed E-state index contributed by atoms with van der Waals surface area (Å²) in [5, 5.41) is 7.05. The molecule has 0 unspecified atom stereocenters. The third kappa shape index (κ3) is 3.22. The van der Waals surface area contributed by atoms with Crippen molar-refractivity contribution in [1.82, 2.24) is 25.9 Å². The Morgan fingerprint density at radius 2 is 1.79 bits per heavy atom. The van der Waals surface area contributed by atoms with Crippen molar-refractivity contribution in [3.05, 3.63) is 71.5 Å². The molecule has 0 aliphatic carbocycles. The zero-order valence-electron chi connectivity index (χ0n) is 15.7. The van der Waals surface area contributed by atoms with Gasteiger partial charge in [0.1, 0.15) is 5.54 Å². The summed E-state index contributed by atoms with van der Waals surface area (Å²) in [5.41, 5.74) is 2.64. The van der Waals surface area contributed by atoms with Gasteiger partial charge < -0.3 is 9.84 Å². The number of imide groups is 1. The van der Waals surface area contributed by atoms with E-state index in [2.05, 4.69) is 20.9 Å². The largest absolute Gasteiger partial charge is 0.344 e. The molecule has 1 aliphatic heterocycles. The fourth-order valence-electron chi connectivity index (χ4n) is 3.05. The van der Waals surface area contributed by atoms with Crippen LogP contribution in [-0.4, -0.2) is 33.0 Å². The first-order chi connectivity index (χ1) is 13.9. The van der Waals surface area contributed by atoms with Crippen LogP contribution in [0.4, 0.5) is 4.79 Å². The number of urea groups is 1. The molecule has 1 fully saturated rings. The molecular weight excluding hydrogens is 374 g/mol. The zero-order valence-corrected chi connectivity index (χ0v) is 15.7. The van der Waals surface area contributed by atoms with Crippen LogP contribution >= 0.6 is 0 Å². The molecule has 1 saturated heterocycles. The SMILES string of the molecule is Cc1noc(-c2ccc(C(=O)NN3C(=O)N[C@@](C)(c4ccccc4)C3=O)cc2)n1. The van der Waals surface area contributed by atoms with Gasteiger partial charge in [-0.1, -0.05) is 35.5 Å². The fraction of sp³-hybridized carbons (Fsp3) is 0.150. The van der Waals surface area contributed by atoms with Gasteiger partial charge in [-0.25, -0.2) is 4.79 Å². The molecule has 2 N–H and O–H groups in total. The molecule has 2 heterocycles. The number of nitrogens with one attached hydrogen (secondary N) is 2. The first kappa shape index (κ1) is 18.4. The van der Waals surface area contributed by atoms with Crippen LogP contribution in [-0.2, 0) is 10.3 Å². The molecule has 9 nitrogen and oxygen atoms in total. The lowest BCUT2D eigenvalue weighted by Gasteiger charge is -2.22. The van der Waals surface area contributed by atoms with Crippen molar-refractivity contribution in [2.75, 3.05) is 0 Å². The van der Waals surface area contributed by atoms with Gasteiger partial charge in [0, 0.05) is 11.1 Å². The summed E-state index contributed by atoms with van der Waals surface area (Å²) in [6, 6.07) is 14.5. The van der Waals surface area contributed by atoms with Crippen LogP contribution in [0.25, 0.3) is 11.5 Å². The van der Waals surface area contributed by atoms with E-state index >= 15 is 0 Å². The summed E-state index contributed by atoms with van der Waals surface area (Å²) in [4.78, 5) is 41.9. The Balaban J connectivity index is 1.51. The maximum Gasteiger partial charge on any atom is 0.344 e. The van der Waals surface area contributed by atoms with Gasteiger partial charge in [0.2, 0.25) is 0 Å². The molecular formula is C20H17N5O4. The van der Waals surface area contributed by atoms with Crippen LogP contribution in [0.3, 0.4) is 0 Å². The third-order valence-electron chi connectivity index (χ3n) is 4.68. The lowest BCUT2D eigenvalue weighted by Crippen LogP contribution is -2.47. The van der Waals surface area contributed by atoms with Gasteiger partial charge in [0.25, 0.3) is 17.7 Å². The number of aryl methyl sites for hydroxylation is 1. The first-order valence-electron chi connectivity index (χ1n) is 8.82. The van der Waals surface area contributed by atoms with Crippen LogP contribution in [0.15, 0.2) is 59.1 Å². The molecule has 1 atom stereocenters. The Hall–Kier alpha value is -4.01. The molecule has 9 heteroatoms. The topological polar surface area (TPSA) is 117 Å². The van der Waals surface area contributed by atoms with Gasteiger partial charge in [-0.05, 0) is 43.7 Å². The highest BCUT2D eigenvalue weighted by Crippen LogP contribution is 2.27. The molecule has 146 valence electrons. The fourth-order valence-corrected chi connectivity index (χ4v) is 3.05. The van der Waals surface area contributed by atoms with Crippen LogP contribution in [0.2, 0.25) is 0 Å². The molecule has 2 aromatic carbocycles. The summed E-state index contributed by atoms with van der Waals surface area (Å²) < 4.78 is 5.08. The van der Waals surface area contributed by atoms with Crippen LogP contribution in [0.5, 0.6) is 0 Å². The number of carbonyl (C=O) groups excluding carboxylic acids is 3. The van der Waals surface area contributed by atoms with Crippen LogP contribution in [0, 0.1) is 6.92 Å². The van der Waals surface area contributed by atoms with Crippen molar-refractivity contribution in [2.45, 2.75) is 19.4 Å². The summed E-state index contributed by atoms with van der Waals surface area (Å²) in [7, 11) is 0. The number of hydrogen-bond donors (Lipinski definition) is 2. The second kappa shape index (κ2) is 6.86. The lowest BCUT2D eigenvalue weighted by atomic mass is 9.92. The van der Waals surface area contributed by atoms with E-state index < -0.39 is 23.4 Å². The first-order valence-corrected chi connectivity index (χ1v) is 8.82. The molecule has 29 heavy (non-hydrogen) atoms. The normalized spacial score (nSPS) is 18.6. The maximum absolute atomic E-state index is 12.8. The van der Waals surface area contributed by atoms with Gasteiger partial charge in [-0.2, -0.15) is 9.99 Å². The second-order valence-electron chi connectivity index (χ2n) is 6.73. The zero-order chi connectivity index (χ0) is 20.6. The Labute approximate surface area is 165 Å². The highest BCUT2D eigenvalue weighted by Gasteiger charge is 2.50. The standard InChI is InChI=1S/C20H17N5O4/c1-12-21-17(29-24-12)14-10-8-13(9-11-14)16(26)23-25-18(27)20(2,22-19(25)28)15-6-4-3-5-7-15/h3-11H,1-2H3,(H,22,28)(H,23,26)/t20-/m0/s1. The smallest absolute Gasteiger partial charge is 0.334 e. The number of amides is 4. The Morgan fingerprint density at radius 3 is 2.41 bits per heavy atom. The predicted molar refractivity (Wildman–Crippen MR) is 101 cm³/mol. The van der Waals surface area contributed by atoms with E-state index in [1.807, 2.05) is 6.07 Å². The number of hydrogen-bond acceptors (Lipinski definition) is 6. The molecule has 0 bridgehead atoms. The Bertz CT molecular complexity index is 1090. The van der Waals surface area contributed by atoms with Crippen molar-refractivity contribution in [1.29, 1.82) is 0 Å². The van der Waals surface area contributed by atoms with Crippen molar-refractivity contribution in [3.8, 4) is 11.5 Å². The van der Waals surface area contributed by atoms with E-state index in [4.69, 9.17) is 4.52 Å². The second-order valence-corrected chi connectivity index (χ2v) is 6.73. The highest BCUT2D eigenvalue weighted by atomic mass is 16.5. The average molecular weight is 391 g/mol. The summed E-state index contributed by atoms with van der Waals surface area (Å²) in [6.45, 7) is 3.30. The van der Waals surface area contributed by atoms with Gasteiger partial charge in [0.15, 0.2) is 5.82 Å². The molecule has 4 rings (SSSR count). The van der Waals surface area contributed by atoms with Crippen LogP contribution in [0.1, 0.15) is 28.7 Å². The van der Waals surface area contributed by atoms with Gasteiger partial charge in [-0.3, -0.25) is 15.0 Å². The predicted octanol–water partition coefficient (Wildman–Crippen LogP) is 2.16. The minimum atomic E-state index is -1.26. The molecule has 4 amide bonds. The Kier molecular flexibility index (Phi) is 4.34. The number of hydrazine groups is 1. The average Bonchev–Trinajstić information content (AvgIpc) is 3.26. The number of aromatic nitrogens is 2. The third-order valence-corrected chi connectivity index (χ3v) is 4.68. The van der Waals surface area contributed by atoms with Gasteiger partial charge in [-0.15, -0.1) is 0 Å². The van der Waals surface area contributed by atoms with E-state index in [1.165, 1.54) is 0 Å². The molecule has 1 aromatic heterocycles. The molecule has 0 spiro atoms. The van der Waals surface area contributed by atoms with Gasteiger partial charge >= 0.3 is 6.03 Å². The number of nitrogens with zero attached hydrogens (tertiary/aromatic N) is 3. The summed E-state index contributed by atoms with van der Waals surface area (Å²) >= 11 is 0. The van der Waals surface area contributed by atoms with Crippen molar-refractivity contribution in [3.63, 3.8) is 0 Å². The minimum absolute atomic E-state index is 0.263. The Morgan fingerprint density at radius 1 is 1.10 bits per heavy atom. The quantitative estimate of drug-likeness (QED) is 0.658. The number of carbonyl (C=O) groups is 3. The lowest BCUT2D eigenvalue weighted by molar-refractivity contribution is -0.132. The summed E-state index contributed by atoms with van der Waals surface area (Å²) in [6.07, 6.45) is 0. The summed E-state index contributed by atoms with van der Waals surface area (Å²) in [5.74, 6) is -0.330. The van der Waals surface area contributed by atoms with E-state index in [0.29, 0.717) is 27.9 Å². The van der Waals surface area contributed by atoms with Crippen molar-refractivity contribution < 1.29 is 18.9 Å². The van der Waals surface area contributed by atoms with E-state index in [-0.39, 0.29) is 5.56 Å². The molecule has 0 radical (unpaired) electrons. The monoisotopic (exact) mass is 391 g/mol. The minimum Gasteiger partial charge on any atom is -0.334 e. The molecule has 0 saturated carbocycles. The van der Waals surface area contributed by atoms with Crippen molar-refractivity contribution >= 4 is 17.8 Å². The molecule has 1 aliphatic rings. The number of benzene rings is 2. The molecule has 3 aromatic rings. The van der Waals surface area contributed by atoms with E-state index in [9.17, 15) is 14.4 Å².